The number of hydrogen-bond donors (Lipinski definition) is 0. The number of hydrogen-bond acceptors (Lipinski definition) is 5. The molecular weight excluding hydrogens is 484 g/mol. The van der Waals surface area contributed by atoms with Gasteiger partial charge in [-0.1, -0.05) is 67.8 Å². The van der Waals surface area contributed by atoms with E-state index in [0.717, 1.165) is 45.3 Å². The predicted octanol–water partition coefficient (Wildman–Crippen LogP) is 5.17. The van der Waals surface area contributed by atoms with E-state index in [1.165, 1.54) is 36.2 Å². The molecule has 2 atom stereocenters. The largest absolute Gasteiger partial charge is 0.469 e. The van der Waals surface area contributed by atoms with Crippen LogP contribution >= 0.6 is 0 Å². The van der Waals surface area contributed by atoms with Crippen LogP contribution in [0, 0.1) is 17.8 Å². The van der Waals surface area contributed by atoms with Crippen molar-refractivity contribution in [3.8, 4) is 0 Å². The summed E-state index contributed by atoms with van der Waals surface area (Å²) in [6.45, 7) is 3.30. The van der Waals surface area contributed by atoms with Gasteiger partial charge in [-0.2, -0.15) is 0 Å². The zero-order valence-electron chi connectivity index (χ0n) is 22.3. The fourth-order valence-electron chi connectivity index (χ4n) is 5.91. The molecule has 0 N–H and O–H groups in total. The number of methoxy groups -OCH3 is 1. The van der Waals surface area contributed by atoms with Crippen molar-refractivity contribution in [2.75, 3.05) is 40.3 Å². The summed E-state index contributed by atoms with van der Waals surface area (Å²) in [5.74, 6) is 1.20. The van der Waals surface area contributed by atoms with E-state index in [2.05, 4.69) is 17.0 Å². The lowest BCUT2D eigenvalue weighted by Gasteiger charge is -2.38. The van der Waals surface area contributed by atoms with Crippen molar-refractivity contribution < 1.29 is 17.9 Å². The fraction of sp³-hybridized carbons (Fsp3) is 0.567. The molecule has 2 unspecified atom stereocenters. The molecular formula is C30H42N2O4S. The molecule has 0 aromatic heterocycles. The summed E-state index contributed by atoms with van der Waals surface area (Å²) >= 11 is 0. The number of ether oxygens (including phenoxy) is 1. The molecule has 0 radical (unpaired) electrons. The first-order chi connectivity index (χ1) is 17.9. The van der Waals surface area contributed by atoms with Crippen LogP contribution in [-0.4, -0.2) is 63.9 Å². The zero-order valence-corrected chi connectivity index (χ0v) is 23.1. The Bertz CT molecular complexity index is 1080. The maximum atomic E-state index is 13.2. The number of carbonyl (C=O) groups is 1. The van der Waals surface area contributed by atoms with E-state index in [-0.39, 0.29) is 17.8 Å². The molecule has 2 aliphatic rings. The van der Waals surface area contributed by atoms with Crippen LogP contribution in [0.3, 0.4) is 0 Å². The average Bonchev–Trinajstić information content (AvgIpc) is 2.91. The zero-order chi connectivity index (χ0) is 26.3. The highest BCUT2D eigenvalue weighted by molar-refractivity contribution is 7.89. The van der Waals surface area contributed by atoms with Gasteiger partial charge >= 0.3 is 5.97 Å². The van der Waals surface area contributed by atoms with Gasteiger partial charge < -0.3 is 9.64 Å². The van der Waals surface area contributed by atoms with Crippen molar-refractivity contribution >= 4 is 16.0 Å². The highest BCUT2D eigenvalue weighted by atomic mass is 32.2. The van der Waals surface area contributed by atoms with Crippen molar-refractivity contribution in [2.45, 2.75) is 55.8 Å². The molecule has 0 bridgehead atoms. The minimum Gasteiger partial charge on any atom is -0.469 e. The second-order valence-corrected chi connectivity index (χ2v) is 12.9. The Hall–Kier alpha value is -2.22. The van der Waals surface area contributed by atoms with Crippen LogP contribution in [0.1, 0.15) is 56.4 Å². The molecule has 37 heavy (non-hydrogen) atoms. The predicted molar refractivity (Wildman–Crippen MR) is 147 cm³/mol. The smallest absolute Gasteiger partial charge is 0.308 e. The van der Waals surface area contributed by atoms with Crippen molar-refractivity contribution in [3.05, 3.63) is 66.2 Å². The Morgan fingerprint density at radius 1 is 1.00 bits per heavy atom. The standard InChI is InChI=1S/C30H42N2O4S/c1-31(37(34,35)28-14-7-4-8-15-28)23-27(25-12-5-3-6-13-25)18-21-32-19-16-26(17-20-32)29(30(33)36-2)22-24-10-9-11-24/h3-8,12-15,24,26-27,29H,9-11,16-23H2,1-2H3. The van der Waals surface area contributed by atoms with Crippen LogP contribution in [-0.2, 0) is 19.6 Å². The summed E-state index contributed by atoms with van der Waals surface area (Å²) < 4.78 is 33.0. The van der Waals surface area contributed by atoms with Gasteiger partial charge in [-0.15, -0.1) is 0 Å². The molecule has 1 aliphatic carbocycles. The lowest BCUT2D eigenvalue weighted by Crippen LogP contribution is -2.40. The van der Waals surface area contributed by atoms with E-state index in [9.17, 15) is 13.2 Å². The molecule has 202 valence electrons. The number of carbonyl (C=O) groups excluding carboxylic acids is 1. The number of rotatable bonds is 12. The molecule has 4 rings (SSSR count). The normalized spacial score (nSPS) is 19.3. The quantitative estimate of drug-likeness (QED) is 0.357. The van der Waals surface area contributed by atoms with Crippen LogP contribution in [0.25, 0.3) is 0 Å². The second kappa shape index (κ2) is 13.0. The topological polar surface area (TPSA) is 66.9 Å². The van der Waals surface area contributed by atoms with Gasteiger partial charge in [-0.3, -0.25) is 4.79 Å². The van der Waals surface area contributed by atoms with Gasteiger partial charge in [0.1, 0.15) is 0 Å². The van der Waals surface area contributed by atoms with E-state index in [4.69, 9.17) is 4.74 Å². The van der Waals surface area contributed by atoms with E-state index >= 15 is 0 Å². The summed E-state index contributed by atoms with van der Waals surface area (Å²) in [6.07, 6.45) is 7.70. The first-order valence-corrected chi connectivity index (χ1v) is 15.2. The van der Waals surface area contributed by atoms with E-state index in [0.29, 0.717) is 23.3 Å². The molecule has 6 nitrogen and oxygen atoms in total. The molecule has 2 aromatic rings. The first kappa shape index (κ1) is 27.8. The van der Waals surface area contributed by atoms with Crippen LogP contribution in [0.15, 0.2) is 65.6 Å². The molecule has 0 spiro atoms. The molecule has 1 heterocycles. The lowest BCUT2D eigenvalue weighted by atomic mass is 9.73. The van der Waals surface area contributed by atoms with Gasteiger partial charge in [-0.25, -0.2) is 12.7 Å². The Balaban J connectivity index is 1.35. The summed E-state index contributed by atoms with van der Waals surface area (Å²) in [4.78, 5) is 15.3. The lowest BCUT2D eigenvalue weighted by molar-refractivity contribution is -0.149. The number of nitrogens with zero attached hydrogens (tertiary/aromatic N) is 2. The van der Waals surface area contributed by atoms with E-state index in [1.807, 2.05) is 24.3 Å². The van der Waals surface area contributed by atoms with Gasteiger partial charge in [0.2, 0.25) is 10.0 Å². The molecule has 7 heteroatoms. The first-order valence-electron chi connectivity index (χ1n) is 13.7. The third-order valence-electron chi connectivity index (χ3n) is 8.51. The highest BCUT2D eigenvalue weighted by Gasteiger charge is 2.35. The van der Waals surface area contributed by atoms with Crippen molar-refractivity contribution in [2.24, 2.45) is 17.8 Å². The third kappa shape index (κ3) is 7.21. The minimum atomic E-state index is -3.54. The molecule has 2 fully saturated rings. The number of sulfonamides is 1. The monoisotopic (exact) mass is 526 g/mol. The van der Waals surface area contributed by atoms with E-state index < -0.39 is 10.0 Å². The Labute approximate surface area is 223 Å². The third-order valence-corrected chi connectivity index (χ3v) is 10.3. The molecule has 1 aliphatic heterocycles. The maximum Gasteiger partial charge on any atom is 0.308 e. The van der Waals surface area contributed by atoms with Gasteiger partial charge in [0.25, 0.3) is 0 Å². The molecule has 1 saturated carbocycles. The van der Waals surface area contributed by atoms with Crippen LogP contribution in [0.4, 0.5) is 0 Å². The summed E-state index contributed by atoms with van der Waals surface area (Å²) in [5, 5.41) is 0. The van der Waals surface area contributed by atoms with Gasteiger partial charge in [0.15, 0.2) is 0 Å². The van der Waals surface area contributed by atoms with Crippen LogP contribution < -0.4 is 0 Å². The Kier molecular flexibility index (Phi) is 9.79. The Morgan fingerprint density at radius 3 is 2.19 bits per heavy atom. The average molecular weight is 527 g/mol. The van der Waals surface area contributed by atoms with Crippen molar-refractivity contribution in [3.63, 3.8) is 0 Å². The highest BCUT2D eigenvalue weighted by Crippen LogP contribution is 2.38. The minimum absolute atomic E-state index is 0.0304. The van der Waals surface area contributed by atoms with Crippen LogP contribution in [0.2, 0.25) is 0 Å². The summed E-state index contributed by atoms with van der Waals surface area (Å²) in [7, 11) is -0.347. The van der Waals surface area contributed by atoms with E-state index in [1.54, 1.807) is 31.3 Å². The molecule has 0 amide bonds. The number of likely N-dealkylation sites (N-methyl/N-ethyl adjacent to an activating group) is 1. The van der Waals surface area contributed by atoms with Gasteiger partial charge in [0, 0.05) is 13.6 Å². The summed E-state index contributed by atoms with van der Waals surface area (Å²) in [5.41, 5.74) is 1.17. The van der Waals surface area contributed by atoms with Crippen LogP contribution in [0.5, 0.6) is 0 Å². The Morgan fingerprint density at radius 2 is 1.62 bits per heavy atom. The number of piperidine rings is 1. The number of likely N-dealkylation sites (tertiary alicyclic amines) is 1. The van der Waals surface area contributed by atoms with Gasteiger partial charge in [-0.05, 0) is 80.8 Å². The molecule has 2 aromatic carbocycles. The molecule has 1 saturated heterocycles. The second-order valence-electron chi connectivity index (χ2n) is 10.8. The fourth-order valence-corrected chi connectivity index (χ4v) is 7.14. The van der Waals surface area contributed by atoms with Crippen molar-refractivity contribution in [1.82, 2.24) is 9.21 Å². The van der Waals surface area contributed by atoms with Gasteiger partial charge in [0.05, 0.1) is 17.9 Å². The number of esters is 1. The van der Waals surface area contributed by atoms with Crippen molar-refractivity contribution in [1.29, 1.82) is 0 Å². The maximum absolute atomic E-state index is 13.2. The SMILES string of the molecule is COC(=O)C(CC1CCC1)C1CCN(CCC(CN(C)S(=O)(=O)c2ccccc2)c2ccccc2)CC1. The summed E-state index contributed by atoms with van der Waals surface area (Å²) in [6, 6.07) is 18.9. The number of benzene rings is 2.